The van der Waals surface area contributed by atoms with E-state index in [1.165, 1.54) is 12.1 Å². The highest BCUT2D eigenvalue weighted by atomic mass is 19.3. The molecule has 0 radical (unpaired) electrons. The van der Waals surface area contributed by atoms with E-state index in [9.17, 15) is 18.4 Å². The molecule has 0 aliphatic carbocycles. The van der Waals surface area contributed by atoms with Crippen molar-refractivity contribution in [1.82, 2.24) is 5.32 Å². The molecule has 0 spiro atoms. The van der Waals surface area contributed by atoms with Crippen molar-refractivity contribution >= 4 is 39.6 Å². The first-order chi connectivity index (χ1) is 15.4. The van der Waals surface area contributed by atoms with E-state index in [1.54, 1.807) is 23.1 Å². The molecule has 0 bridgehead atoms. The van der Waals surface area contributed by atoms with Gasteiger partial charge in [-0.2, -0.15) is 8.78 Å². The molecule has 8 heteroatoms. The third-order valence-corrected chi connectivity index (χ3v) is 5.71. The molecule has 6 nitrogen and oxygen atoms in total. The Hall–Kier alpha value is -3.94. The monoisotopic (exact) mass is 435 g/mol. The van der Waals surface area contributed by atoms with Crippen LogP contribution in [0.1, 0.15) is 23.2 Å². The van der Waals surface area contributed by atoms with E-state index < -0.39 is 12.7 Å². The number of carbonyl (C=O) groups excluding carboxylic acids is 2. The van der Waals surface area contributed by atoms with Gasteiger partial charge in [0.2, 0.25) is 5.91 Å². The maximum Gasteiger partial charge on any atom is 0.387 e. The van der Waals surface area contributed by atoms with E-state index in [1.807, 2.05) is 24.3 Å². The van der Waals surface area contributed by atoms with Crippen LogP contribution in [0.25, 0.3) is 10.8 Å². The summed E-state index contributed by atoms with van der Waals surface area (Å²) in [5.74, 6) is -0.462. The van der Waals surface area contributed by atoms with Crippen molar-refractivity contribution in [2.75, 3.05) is 10.2 Å². The van der Waals surface area contributed by atoms with Crippen LogP contribution in [0, 0.1) is 0 Å². The number of nitrogens with one attached hydrogen (secondary N) is 2. The summed E-state index contributed by atoms with van der Waals surface area (Å²) in [5.41, 5.74) is 3.00. The lowest BCUT2D eigenvalue weighted by Gasteiger charge is -2.31. The zero-order chi connectivity index (χ0) is 22.4. The number of hydrogen-bond donors (Lipinski definition) is 2. The van der Waals surface area contributed by atoms with Gasteiger partial charge in [-0.05, 0) is 54.6 Å². The van der Waals surface area contributed by atoms with Crippen LogP contribution in [0.2, 0.25) is 0 Å². The number of halogens is 2. The maximum absolute atomic E-state index is 13.6. The van der Waals surface area contributed by atoms with Crippen LogP contribution < -0.4 is 20.3 Å². The second-order valence-corrected chi connectivity index (χ2v) is 7.71. The lowest BCUT2D eigenvalue weighted by atomic mass is 10.0. The van der Waals surface area contributed by atoms with Crippen molar-refractivity contribution in [3.05, 3.63) is 72.4 Å². The summed E-state index contributed by atoms with van der Waals surface area (Å²) in [5, 5.41) is 7.61. The van der Waals surface area contributed by atoms with Crippen LogP contribution in [0.4, 0.5) is 25.8 Å². The average molecular weight is 435 g/mol. The largest absolute Gasteiger partial charge is 0.435 e. The molecule has 2 heterocycles. The fourth-order valence-corrected chi connectivity index (χ4v) is 4.31. The Morgan fingerprint density at radius 2 is 1.88 bits per heavy atom. The summed E-state index contributed by atoms with van der Waals surface area (Å²) in [7, 11) is 0. The highest BCUT2D eigenvalue weighted by molar-refractivity contribution is 6.29. The number of anilines is 3. The summed E-state index contributed by atoms with van der Waals surface area (Å²) >= 11 is 0. The molecule has 3 aromatic rings. The van der Waals surface area contributed by atoms with E-state index in [0.29, 0.717) is 41.2 Å². The minimum absolute atomic E-state index is 0.0445. The highest BCUT2D eigenvalue weighted by Gasteiger charge is 2.40. The van der Waals surface area contributed by atoms with Gasteiger partial charge in [0.1, 0.15) is 11.8 Å². The molecule has 162 valence electrons. The van der Waals surface area contributed by atoms with Crippen LogP contribution in [0.5, 0.6) is 5.75 Å². The fraction of sp³-hybridized carbons (Fsp3) is 0.167. The van der Waals surface area contributed by atoms with Crippen molar-refractivity contribution in [2.24, 2.45) is 0 Å². The van der Waals surface area contributed by atoms with Crippen molar-refractivity contribution in [3.8, 4) is 5.75 Å². The van der Waals surface area contributed by atoms with Crippen molar-refractivity contribution in [3.63, 3.8) is 0 Å². The van der Waals surface area contributed by atoms with E-state index in [4.69, 9.17) is 0 Å². The molecule has 0 aromatic heterocycles. The fourth-order valence-electron chi connectivity index (χ4n) is 4.31. The first-order valence-electron chi connectivity index (χ1n) is 10.1. The van der Waals surface area contributed by atoms with Crippen LogP contribution in [-0.2, 0) is 4.79 Å². The van der Waals surface area contributed by atoms with Gasteiger partial charge in [-0.25, -0.2) is 0 Å². The van der Waals surface area contributed by atoms with Gasteiger partial charge in [-0.3, -0.25) is 14.5 Å². The first kappa shape index (κ1) is 20.0. The third-order valence-electron chi connectivity index (χ3n) is 5.71. The summed E-state index contributed by atoms with van der Waals surface area (Å²) in [6.07, 6.45) is 1.10. The van der Waals surface area contributed by atoms with E-state index in [-0.39, 0.29) is 17.6 Å². The Kier molecular flexibility index (Phi) is 4.77. The smallest absolute Gasteiger partial charge is 0.387 e. The zero-order valence-corrected chi connectivity index (χ0v) is 16.9. The second-order valence-electron chi connectivity index (χ2n) is 7.71. The van der Waals surface area contributed by atoms with Crippen LogP contribution >= 0.6 is 0 Å². The number of allylic oxidation sites excluding steroid dienone is 1. The Morgan fingerprint density at radius 3 is 2.59 bits per heavy atom. The lowest BCUT2D eigenvalue weighted by molar-refractivity contribution is -0.122. The highest BCUT2D eigenvalue weighted by Crippen LogP contribution is 2.43. The molecule has 1 fully saturated rings. The molecule has 0 saturated carbocycles. The molecule has 1 saturated heterocycles. The summed E-state index contributed by atoms with van der Waals surface area (Å²) in [6.45, 7) is 0.913. The Balaban J connectivity index is 1.52. The van der Waals surface area contributed by atoms with Gasteiger partial charge in [0.05, 0.1) is 16.9 Å². The normalized spacial score (nSPS) is 17.8. The number of benzene rings is 3. The number of carbonyl (C=O) groups is 2. The van der Waals surface area contributed by atoms with Gasteiger partial charge < -0.3 is 15.4 Å². The minimum atomic E-state index is -2.90. The molecule has 2 N–H and O–H groups in total. The van der Waals surface area contributed by atoms with Gasteiger partial charge in [0.15, 0.2) is 0 Å². The minimum Gasteiger partial charge on any atom is -0.435 e. The molecule has 2 amide bonds. The Morgan fingerprint density at radius 1 is 1.09 bits per heavy atom. The van der Waals surface area contributed by atoms with E-state index in [2.05, 4.69) is 21.9 Å². The number of piperidine rings is 1. The average Bonchev–Trinajstić information content (AvgIpc) is 3.05. The summed E-state index contributed by atoms with van der Waals surface area (Å²) in [6, 6.07) is 14.7. The van der Waals surface area contributed by atoms with Crippen LogP contribution in [-0.4, -0.2) is 24.5 Å². The van der Waals surface area contributed by atoms with Gasteiger partial charge in [0.25, 0.3) is 5.91 Å². The standard InChI is InChI=1S/C24H19F2N3O3/c1-13-5-12-19(22(30)27-13)29-18-4-2-3-14-6-11-17(21(20(14)18)23(29)31)28-15-7-9-16(10-8-15)32-24(25)26/h2-4,6-11,19,24,28H,1,5,12H2,(H,27,30). The third kappa shape index (κ3) is 3.33. The number of amides is 2. The van der Waals surface area contributed by atoms with Crippen molar-refractivity contribution in [2.45, 2.75) is 25.5 Å². The topological polar surface area (TPSA) is 70.7 Å². The molecular formula is C24H19F2N3O3. The molecule has 3 aromatic carbocycles. The SMILES string of the molecule is C=C1CCC(N2C(=O)c3c(Nc4ccc(OC(F)F)cc4)ccc4cccc2c34)C(=O)N1. The second kappa shape index (κ2) is 7.64. The maximum atomic E-state index is 13.6. The summed E-state index contributed by atoms with van der Waals surface area (Å²) < 4.78 is 29.2. The number of rotatable bonds is 5. The molecule has 5 rings (SSSR count). The van der Waals surface area contributed by atoms with Gasteiger partial charge >= 0.3 is 6.61 Å². The number of ether oxygens (including phenoxy) is 1. The number of hydrogen-bond acceptors (Lipinski definition) is 4. The predicted molar refractivity (Wildman–Crippen MR) is 117 cm³/mol. The Labute approximate surface area is 182 Å². The number of alkyl halides is 2. The van der Waals surface area contributed by atoms with Crippen molar-refractivity contribution < 1.29 is 23.1 Å². The number of nitrogens with zero attached hydrogens (tertiary/aromatic N) is 1. The van der Waals surface area contributed by atoms with Gasteiger partial charge in [-0.1, -0.05) is 24.8 Å². The predicted octanol–water partition coefficient (Wildman–Crippen LogP) is 4.94. The van der Waals surface area contributed by atoms with Gasteiger partial charge in [-0.15, -0.1) is 0 Å². The van der Waals surface area contributed by atoms with Crippen LogP contribution in [0.15, 0.2) is 66.9 Å². The molecule has 2 aliphatic rings. The van der Waals surface area contributed by atoms with Crippen LogP contribution in [0.3, 0.4) is 0 Å². The molecule has 1 atom stereocenters. The van der Waals surface area contributed by atoms with Gasteiger partial charge in [0, 0.05) is 16.8 Å². The van der Waals surface area contributed by atoms with E-state index >= 15 is 0 Å². The first-order valence-corrected chi connectivity index (χ1v) is 10.1. The molecule has 1 unspecified atom stereocenters. The summed E-state index contributed by atoms with van der Waals surface area (Å²) in [4.78, 5) is 27.8. The molecule has 2 aliphatic heterocycles. The zero-order valence-electron chi connectivity index (χ0n) is 16.9. The lowest BCUT2D eigenvalue weighted by Crippen LogP contribution is -2.51. The Bertz CT molecular complexity index is 1260. The molecular weight excluding hydrogens is 416 g/mol. The van der Waals surface area contributed by atoms with Crippen molar-refractivity contribution in [1.29, 1.82) is 0 Å². The molecule has 32 heavy (non-hydrogen) atoms. The quantitative estimate of drug-likeness (QED) is 0.596. The van der Waals surface area contributed by atoms with E-state index in [0.717, 1.165) is 10.8 Å².